The van der Waals surface area contributed by atoms with Crippen LogP contribution in [-0.2, 0) is 6.54 Å². The lowest BCUT2D eigenvalue weighted by atomic mass is 10.3. The summed E-state index contributed by atoms with van der Waals surface area (Å²) in [5.74, 6) is 1.81. The molecule has 3 aromatic rings. The van der Waals surface area contributed by atoms with E-state index in [0.717, 1.165) is 22.9 Å². The Morgan fingerprint density at radius 3 is 3.18 bits per heavy atom. The maximum absolute atomic E-state index is 5.02. The topological polar surface area (TPSA) is 55.4 Å². The summed E-state index contributed by atoms with van der Waals surface area (Å²) in [4.78, 5) is 4.23. The van der Waals surface area contributed by atoms with Gasteiger partial charge in [0.1, 0.15) is 22.9 Å². The molecule has 3 aromatic heterocycles. The van der Waals surface area contributed by atoms with E-state index in [-0.39, 0.29) is 0 Å². The van der Waals surface area contributed by atoms with E-state index in [1.165, 1.54) is 0 Å². The maximum atomic E-state index is 5.02. The van der Waals surface area contributed by atoms with Crippen LogP contribution in [0.1, 0.15) is 11.5 Å². The monoisotopic (exact) mass is 228 g/mol. The molecule has 0 bridgehead atoms. The SMILES string of the molecule is Cc1cc(CNc2cccc3nccn23)no1. The molecule has 0 unspecified atom stereocenters. The fourth-order valence-electron chi connectivity index (χ4n) is 1.77. The molecular weight excluding hydrogens is 216 g/mol. The largest absolute Gasteiger partial charge is 0.365 e. The van der Waals surface area contributed by atoms with Gasteiger partial charge in [0.2, 0.25) is 0 Å². The highest BCUT2D eigenvalue weighted by Crippen LogP contribution is 2.12. The number of imidazole rings is 1. The van der Waals surface area contributed by atoms with E-state index in [4.69, 9.17) is 4.52 Å². The Bertz CT molecular complexity index is 641. The molecule has 0 aliphatic heterocycles. The first-order valence-corrected chi connectivity index (χ1v) is 5.41. The Balaban J connectivity index is 1.83. The number of anilines is 1. The first kappa shape index (κ1) is 9.89. The minimum Gasteiger partial charge on any atom is -0.365 e. The van der Waals surface area contributed by atoms with Crippen LogP contribution in [0.2, 0.25) is 0 Å². The Kier molecular flexibility index (Phi) is 2.29. The summed E-state index contributed by atoms with van der Waals surface area (Å²) in [7, 11) is 0. The zero-order valence-electron chi connectivity index (χ0n) is 9.42. The predicted octanol–water partition coefficient (Wildman–Crippen LogP) is 2.24. The van der Waals surface area contributed by atoms with Gasteiger partial charge >= 0.3 is 0 Å². The quantitative estimate of drug-likeness (QED) is 0.747. The van der Waals surface area contributed by atoms with Gasteiger partial charge in [0, 0.05) is 18.5 Å². The molecule has 0 fully saturated rings. The molecule has 86 valence electrons. The molecule has 3 rings (SSSR count). The number of pyridine rings is 1. The van der Waals surface area contributed by atoms with Gasteiger partial charge in [0.25, 0.3) is 0 Å². The summed E-state index contributed by atoms with van der Waals surface area (Å²) in [6.07, 6.45) is 3.70. The minimum absolute atomic E-state index is 0.634. The van der Waals surface area contributed by atoms with Crippen molar-refractivity contribution in [2.45, 2.75) is 13.5 Å². The van der Waals surface area contributed by atoms with E-state index in [0.29, 0.717) is 6.54 Å². The standard InChI is InChI=1S/C12H12N4O/c1-9-7-10(15-17-9)8-14-12-4-2-3-11-13-5-6-16(11)12/h2-7,14H,8H2,1H3. The Labute approximate surface area is 98.1 Å². The van der Waals surface area contributed by atoms with Crippen LogP contribution in [0.15, 0.2) is 41.2 Å². The number of aromatic nitrogens is 3. The second-order valence-corrected chi connectivity index (χ2v) is 3.85. The third-order valence-corrected chi connectivity index (χ3v) is 2.56. The molecule has 17 heavy (non-hydrogen) atoms. The smallest absolute Gasteiger partial charge is 0.138 e. The minimum atomic E-state index is 0.634. The van der Waals surface area contributed by atoms with Crippen molar-refractivity contribution >= 4 is 11.5 Å². The molecule has 5 heteroatoms. The van der Waals surface area contributed by atoms with E-state index < -0.39 is 0 Å². The number of rotatable bonds is 3. The molecule has 0 aliphatic rings. The lowest BCUT2D eigenvalue weighted by molar-refractivity contribution is 0.391. The average molecular weight is 228 g/mol. The van der Waals surface area contributed by atoms with Crippen LogP contribution < -0.4 is 5.32 Å². The van der Waals surface area contributed by atoms with E-state index in [1.54, 1.807) is 6.20 Å². The molecule has 5 nitrogen and oxygen atoms in total. The third-order valence-electron chi connectivity index (χ3n) is 2.56. The van der Waals surface area contributed by atoms with Gasteiger partial charge in [-0.3, -0.25) is 4.40 Å². The summed E-state index contributed by atoms with van der Waals surface area (Å²) in [6.45, 7) is 2.52. The third kappa shape index (κ3) is 1.87. The molecule has 1 N–H and O–H groups in total. The molecule has 3 heterocycles. The van der Waals surface area contributed by atoms with Crippen molar-refractivity contribution in [2.24, 2.45) is 0 Å². The maximum Gasteiger partial charge on any atom is 0.138 e. The highest BCUT2D eigenvalue weighted by atomic mass is 16.5. The molecule has 0 saturated heterocycles. The summed E-state index contributed by atoms with van der Waals surface area (Å²) >= 11 is 0. The zero-order valence-corrected chi connectivity index (χ0v) is 9.42. The van der Waals surface area contributed by atoms with Crippen LogP contribution in [0.5, 0.6) is 0 Å². The van der Waals surface area contributed by atoms with Crippen LogP contribution in [0.25, 0.3) is 5.65 Å². The normalized spacial score (nSPS) is 10.9. The number of nitrogens with one attached hydrogen (secondary N) is 1. The second kappa shape index (κ2) is 3.93. The van der Waals surface area contributed by atoms with Crippen LogP contribution in [-0.4, -0.2) is 14.5 Å². The van der Waals surface area contributed by atoms with Crippen molar-refractivity contribution in [3.63, 3.8) is 0 Å². The fraction of sp³-hybridized carbons (Fsp3) is 0.167. The van der Waals surface area contributed by atoms with Crippen molar-refractivity contribution < 1.29 is 4.52 Å². The van der Waals surface area contributed by atoms with Gasteiger partial charge in [0.05, 0.1) is 6.54 Å². The van der Waals surface area contributed by atoms with E-state index >= 15 is 0 Å². The Morgan fingerprint density at radius 2 is 2.35 bits per heavy atom. The number of aryl methyl sites for hydroxylation is 1. The molecule has 0 amide bonds. The van der Waals surface area contributed by atoms with Crippen molar-refractivity contribution in [3.05, 3.63) is 48.1 Å². The average Bonchev–Trinajstić information content (AvgIpc) is 2.94. The molecule has 0 aromatic carbocycles. The molecule has 0 spiro atoms. The van der Waals surface area contributed by atoms with Gasteiger partial charge in [-0.1, -0.05) is 11.2 Å². The lowest BCUT2D eigenvalue weighted by Crippen LogP contribution is -2.03. The Hall–Kier alpha value is -2.30. The number of fused-ring (bicyclic) bond motifs is 1. The van der Waals surface area contributed by atoms with Gasteiger partial charge < -0.3 is 9.84 Å². The van der Waals surface area contributed by atoms with E-state index in [9.17, 15) is 0 Å². The van der Waals surface area contributed by atoms with Gasteiger partial charge in [-0.15, -0.1) is 0 Å². The van der Waals surface area contributed by atoms with Gasteiger partial charge in [-0.05, 0) is 19.1 Å². The van der Waals surface area contributed by atoms with Crippen molar-refractivity contribution in [3.8, 4) is 0 Å². The van der Waals surface area contributed by atoms with Crippen LogP contribution in [0, 0.1) is 6.92 Å². The Morgan fingerprint density at radius 1 is 1.41 bits per heavy atom. The lowest BCUT2D eigenvalue weighted by Gasteiger charge is -2.06. The van der Waals surface area contributed by atoms with Gasteiger partial charge in [-0.25, -0.2) is 4.98 Å². The summed E-state index contributed by atoms with van der Waals surface area (Å²) in [5.41, 5.74) is 1.81. The first-order valence-electron chi connectivity index (χ1n) is 5.41. The van der Waals surface area contributed by atoms with Crippen LogP contribution in [0.4, 0.5) is 5.82 Å². The van der Waals surface area contributed by atoms with E-state index in [2.05, 4.69) is 15.5 Å². The van der Waals surface area contributed by atoms with Crippen molar-refractivity contribution in [1.82, 2.24) is 14.5 Å². The van der Waals surface area contributed by atoms with Crippen molar-refractivity contribution in [1.29, 1.82) is 0 Å². The predicted molar refractivity (Wildman–Crippen MR) is 63.8 cm³/mol. The second-order valence-electron chi connectivity index (χ2n) is 3.85. The molecule has 0 saturated carbocycles. The summed E-state index contributed by atoms with van der Waals surface area (Å²) in [6, 6.07) is 7.85. The first-order chi connectivity index (χ1) is 8.33. The summed E-state index contributed by atoms with van der Waals surface area (Å²) in [5, 5.41) is 7.24. The highest BCUT2D eigenvalue weighted by molar-refractivity contribution is 5.49. The molecular formula is C12H12N4O. The van der Waals surface area contributed by atoms with Gasteiger partial charge in [0.15, 0.2) is 0 Å². The number of hydrogen-bond acceptors (Lipinski definition) is 4. The van der Waals surface area contributed by atoms with Crippen LogP contribution >= 0.6 is 0 Å². The van der Waals surface area contributed by atoms with Crippen molar-refractivity contribution in [2.75, 3.05) is 5.32 Å². The number of hydrogen-bond donors (Lipinski definition) is 1. The molecule has 0 aliphatic carbocycles. The zero-order chi connectivity index (χ0) is 11.7. The van der Waals surface area contributed by atoms with Crippen LogP contribution in [0.3, 0.4) is 0 Å². The van der Waals surface area contributed by atoms with E-state index in [1.807, 2.05) is 41.8 Å². The fourth-order valence-corrected chi connectivity index (χ4v) is 1.77. The van der Waals surface area contributed by atoms with Gasteiger partial charge in [-0.2, -0.15) is 0 Å². The number of nitrogens with zero attached hydrogens (tertiary/aromatic N) is 3. The molecule has 0 radical (unpaired) electrons. The molecule has 0 atom stereocenters. The highest BCUT2D eigenvalue weighted by Gasteiger charge is 2.02. The summed E-state index contributed by atoms with van der Waals surface area (Å²) < 4.78 is 7.01.